The van der Waals surface area contributed by atoms with Crippen molar-refractivity contribution in [3.8, 4) is 0 Å². The highest BCUT2D eigenvalue weighted by molar-refractivity contribution is 4.96. The average Bonchev–Trinajstić information content (AvgIpc) is 2.77. The van der Waals surface area contributed by atoms with Gasteiger partial charge in [0.05, 0.1) is 19.0 Å². The van der Waals surface area contributed by atoms with Crippen molar-refractivity contribution in [1.82, 2.24) is 5.32 Å². The molecule has 4 N–H and O–H groups in total. The van der Waals surface area contributed by atoms with Crippen molar-refractivity contribution in [2.45, 2.75) is 19.1 Å². The molecule has 1 heterocycles. The summed E-state index contributed by atoms with van der Waals surface area (Å²) in [7, 11) is 0. The van der Waals surface area contributed by atoms with Crippen LogP contribution in [0.25, 0.3) is 0 Å². The van der Waals surface area contributed by atoms with Crippen LogP contribution in [-0.2, 0) is 11.3 Å². The Balaban J connectivity index is 1.95. The topological polar surface area (TPSA) is 80.7 Å². The van der Waals surface area contributed by atoms with Crippen LogP contribution in [0.15, 0.2) is 22.8 Å². The van der Waals surface area contributed by atoms with E-state index in [1.165, 1.54) is 0 Å². The van der Waals surface area contributed by atoms with Gasteiger partial charge in [-0.25, -0.2) is 0 Å². The molecule has 0 aliphatic carbocycles. The van der Waals surface area contributed by atoms with E-state index in [0.29, 0.717) is 26.3 Å². The number of hydrogen-bond donors (Lipinski definition) is 3. The maximum absolute atomic E-state index is 9.53. The van der Waals surface area contributed by atoms with Gasteiger partial charge in [0.1, 0.15) is 12.4 Å². The van der Waals surface area contributed by atoms with E-state index >= 15 is 0 Å². The van der Waals surface area contributed by atoms with Crippen molar-refractivity contribution >= 4 is 0 Å². The molecule has 0 aliphatic heterocycles. The molecule has 0 amide bonds. The molecule has 1 aromatic rings. The standard InChI is InChI=1S/C11H20N2O3/c12-4-2-5-13-7-10(14)8-15-9-11-3-1-6-16-11/h1,3,6,10,13-14H,2,4-5,7-9,12H2. The van der Waals surface area contributed by atoms with Gasteiger partial charge in [-0.15, -0.1) is 0 Å². The van der Waals surface area contributed by atoms with E-state index in [9.17, 15) is 5.11 Å². The quantitative estimate of drug-likeness (QED) is 0.522. The lowest BCUT2D eigenvalue weighted by molar-refractivity contribution is 0.0228. The largest absolute Gasteiger partial charge is 0.467 e. The average molecular weight is 228 g/mol. The van der Waals surface area contributed by atoms with Crippen molar-refractivity contribution in [2.24, 2.45) is 5.73 Å². The molecule has 16 heavy (non-hydrogen) atoms. The lowest BCUT2D eigenvalue weighted by Gasteiger charge is -2.11. The number of ether oxygens (including phenoxy) is 1. The SMILES string of the molecule is NCCCNCC(O)COCc1ccco1. The van der Waals surface area contributed by atoms with Crippen LogP contribution in [0.3, 0.4) is 0 Å². The highest BCUT2D eigenvalue weighted by atomic mass is 16.5. The summed E-state index contributed by atoms with van der Waals surface area (Å²) < 4.78 is 10.4. The first-order valence-electron chi connectivity index (χ1n) is 5.52. The van der Waals surface area contributed by atoms with Gasteiger partial charge in [0, 0.05) is 6.54 Å². The molecule has 0 saturated heterocycles. The second kappa shape index (κ2) is 8.29. The molecule has 0 aliphatic rings. The van der Waals surface area contributed by atoms with Gasteiger partial charge >= 0.3 is 0 Å². The molecular formula is C11H20N2O3. The van der Waals surface area contributed by atoms with E-state index in [1.807, 2.05) is 12.1 Å². The zero-order valence-corrected chi connectivity index (χ0v) is 9.39. The summed E-state index contributed by atoms with van der Waals surface area (Å²) in [6.45, 7) is 2.71. The smallest absolute Gasteiger partial charge is 0.129 e. The van der Waals surface area contributed by atoms with Gasteiger partial charge in [0.25, 0.3) is 0 Å². The predicted molar refractivity (Wildman–Crippen MR) is 60.9 cm³/mol. The van der Waals surface area contributed by atoms with Gasteiger partial charge in [0.2, 0.25) is 0 Å². The van der Waals surface area contributed by atoms with Crippen LogP contribution in [0.5, 0.6) is 0 Å². The fraction of sp³-hybridized carbons (Fsp3) is 0.636. The van der Waals surface area contributed by atoms with Crippen LogP contribution < -0.4 is 11.1 Å². The summed E-state index contributed by atoms with van der Waals surface area (Å²) in [4.78, 5) is 0. The van der Waals surface area contributed by atoms with Crippen LogP contribution in [0.1, 0.15) is 12.2 Å². The molecule has 1 atom stereocenters. The number of furan rings is 1. The molecule has 1 rings (SSSR count). The lowest BCUT2D eigenvalue weighted by Crippen LogP contribution is -2.31. The first-order valence-corrected chi connectivity index (χ1v) is 5.52. The third-order valence-electron chi connectivity index (χ3n) is 2.07. The van der Waals surface area contributed by atoms with Gasteiger partial charge in [-0.1, -0.05) is 0 Å². The van der Waals surface area contributed by atoms with E-state index in [0.717, 1.165) is 18.7 Å². The molecule has 1 unspecified atom stereocenters. The van der Waals surface area contributed by atoms with E-state index in [4.69, 9.17) is 14.9 Å². The molecule has 0 spiro atoms. The molecule has 1 aromatic heterocycles. The third kappa shape index (κ3) is 5.87. The maximum atomic E-state index is 9.53. The number of nitrogens with one attached hydrogen (secondary N) is 1. The Morgan fingerprint density at radius 3 is 3.12 bits per heavy atom. The molecular weight excluding hydrogens is 208 g/mol. The molecule has 0 radical (unpaired) electrons. The van der Waals surface area contributed by atoms with Gasteiger partial charge in [-0.05, 0) is 31.6 Å². The van der Waals surface area contributed by atoms with Crippen molar-refractivity contribution < 1.29 is 14.3 Å². The fourth-order valence-corrected chi connectivity index (χ4v) is 1.24. The molecule has 5 nitrogen and oxygen atoms in total. The Morgan fingerprint density at radius 2 is 2.44 bits per heavy atom. The lowest BCUT2D eigenvalue weighted by atomic mass is 10.3. The highest BCUT2D eigenvalue weighted by Gasteiger charge is 2.04. The fourth-order valence-electron chi connectivity index (χ4n) is 1.24. The predicted octanol–water partition coefficient (Wildman–Crippen LogP) is 0.0955. The second-order valence-electron chi connectivity index (χ2n) is 3.59. The van der Waals surface area contributed by atoms with E-state index in [1.54, 1.807) is 6.26 Å². The zero-order chi connectivity index (χ0) is 11.6. The first kappa shape index (κ1) is 13.2. The Labute approximate surface area is 95.6 Å². The molecule has 5 heteroatoms. The summed E-state index contributed by atoms with van der Waals surface area (Å²) >= 11 is 0. The summed E-state index contributed by atoms with van der Waals surface area (Å²) in [6, 6.07) is 3.65. The van der Waals surface area contributed by atoms with E-state index < -0.39 is 6.10 Å². The Morgan fingerprint density at radius 1 is 1.56 bits per heavy atom. The molecule has 92 valence electrons. The Kier molecular flexibility index (Phi) is 6.83. The van der Waals surface area contributed by atoms with E-state index in [2.05, 4.69) is 5.32 Å². The van der Waals surface area contributed by atoms with Crippen LogP contribution in [-0.4, -0.2) is 37.5 Å². The Bertz CT molecular complexity index is 252. The van der Waals surface area contributed by atoms with Crippen molar-refractivity contribution in [3.05, 3.63) is 24.2 Å². The number of rotatable bonds is 9. The monoisotopic (exact) mass is 228 g/mol. The van der Waals surface area contributed by atoms with Gasteiger partial charge in [-0.3, -0.25) is 0 Å². The normalized spacial score (nSPS) is 12.9. The molecule has 0 bridgehead atoms. The minimum absolute atomic E-state index is 0.302. The minimum atomic E-state index is -0.493. The molecule has 0 saturated carbocycles. The summed E-state index contributed by atoms with van der Waals surface area (Å²) in [5, 5.41) is 12.6. The molecule has 0 aromatic carbocycles. The van der Waals surface area contributed by atoms with E-state index in [-0.39, 0.29) is 0 Å². The number of nitrogens with two attached hydrogens (primary N) is 1. The maximum Gasteiger partial charge on any atom is 0.129 e. The summed E-state index contributed by atoms with van der Waals surface area (Å²) in [6.07, 6.45) is 2.02. The van der Waals surface area contributed by atoms with Gasteiger partial charge in [-0.2, -0.15) is 0 Å². The molecule has 0 fully saturated rings. The van der Waals surface area contributed by atoms with Crippen LogP contribution in [0.2, 0.25) is 0 Å². The van der Waals surface area contributed by atoms with Crippen LogP contribution >= 0.6 is 0 Å². The van der Waals surface area contributed by atoms with Crippen molar-refractivity contribution in [3.63, 3.8) is 0 Å². The van der Waals surface area contributed by atoms with Crippen LogP contribution in [0, 0.1) is 0 Å². The van der Waals surface area contributed by atoms with Gasteiger partial charge in [0.15, 0.2) is 0 Å². The number of hydrogen-bond acceptors (Lipinski definition) is 5. The van der Waals surface area contributed by atoms with Gasteiger partial charge < -0.3 is 25.3 Å². The number of aliphatic hydroxyl groups is 1. The second-order valence-corrected chi connectivity index (χ2v) is 3.59. The Hall–Kier alpha value is -0.880. The van der Waals surface area contributed by atoms with Crippen molar-refractivity contribution in [1.29, 1.82) is 0 Å². The number of aliphatic hydroxyl groups excluding tert-OH is 1. The zero-order valence-electron chi connectivity index (χ0n) is 9.39. The first-order chi connectivity index (χ1) is 7.83. The summed E-state index contributed by atoms with van der Waals surface area (Å²) in [5.41, 5.74) is 5.34. The summed E-state index contributed by atoms with van der Waals surface area (Å²) in [5.74, 6) is 0.767. The third-order valence-corrected chi connectivity index (χ3v) is 2.07. The highest BCUT2D eigenvalue weighted by Crippen LogP contribution is 2.01. The van der Waals surface area contributed by atoms with Crippen LogP contribution in [0.4, 0.5) is 0 Å². The van der Waals surface area contributed by atoms with Crippen molar-refractivity contribution in [2.75, 3.05) is 26.2 Å². The minimum Gasteiger partial charge on any atom is -0.467 e.